The van der Waals surface area contributed by atoms with E-state index in [0.717, 1.165) is 30.4 Å². The van der Waals surface area contributed by atoms with Crippen LogP contribution < -0.4 is 10.6 Å². The molecule has 1 fully saturated rings. The monoisotopic (exact) mass is 258 g/mol. The van der Waals surface area contributed by atoms with Crippen LogP contribution >= 0.6 is 0 Å². The van der Waals surface area contributed by atoms with Crippen molar-refractivity contribution in [2.45, 2.75) is 25.8 Å². The van der Waals surface area contributed by atoms with Gasteiger partial charge in [0.2, 0.25) is 11.9 Å². The fraction of sp³-hybridized carbons (Fsp3) is 0.429. The molecule has 3 N–H and O–H groups in total. The number of benzene rings is 1. The largest absolute Gasteiger partial charge is 0.324 e. The number of nitrogens with zero attached hydrogens (tertiary/aromatic N) is 1. The van der Waals surface area contributed by atoms with Crippen LogP contribution in [0.4, 0.5) is 5.95 Å². The van der Waals surface area contributed by atoms with Crippen LogP contribution in [-0.4, -0.2) is 28.5 Å². The van der Waals surface area contributed by atoms with Gasteiger partial charge in [0, 0.05) is 12.0 Å². The fourth-order valence-electron chi connectivity index (χ4n) is 2.60. The predicted molar refractivity (Wildman–Crippen MR) is 74.9 cm³/mol. The van der Waals surface area contributed by atoms with Crippen LogP contribution in [0.2, 0.25) is 0 Å². The molecule has 3 rings (SSSR count). The third-order valence-electron chi connectivity index (χ3n) is 3.63. The van der Waals surface area contributed by atoms with Crippen LogP contribution in [0.1, 0.15) is 19.8 Å². The zero-order chi connectivity index (χ0) is 13.2. The van der Waals surface area contributed by atoms with Gasteiger partial charge in [-0.2, -0.15) is 0 Å². The topological polar surface area (TPSA) is 69.8 Å². The number of carbonyl (C=O) groups is 1. The second-order valence-corrected chi connectivity index (χ2v) is 5.17. The molecular formula is C14H18N4O. The van der Waals surface area contributed by atoms with E-state index < -0.39 is 0 Å². The Balaban J connectivity index is 1.71. The molecule has 5 heteroatoms. The number of hydrogen-bond donors (Lipinski definition) is 3. The third-order valence-corrected chi connectivity index (χ3v) is 3.63. The molecule has 1 aliphatic heterocycles. The molecular weight excluding hydrogens is 240 g/mol. The number of aromatic nitrogens is 2. The number of anilines is 1. The van der Waals surface area contributed by atoms with Crippen molar-refractivity contribution in [1.82, 2.24) is 15.3 Å². The maximum Gasteiger partial charge on any atom is 0.229 e. The molecule has 2 heterocycles. The minimum absolute atomic E-state index is 0.0624. The molecule has 1 saturated heterocycles. The number of imidazole rings is 1. The molecule has 2 aromatic rings. The summed E-state index contributed by atoms with van der Waals surface area (Å²) in [6.07, 6.45) is 1.77. The Labute approximate surface area is 111 Å². The minimum Gasteiger partial charge on any atom is -0.324 e. The number of fused-ring (bicyclic) bond motifs is 1. The van der Waals surface area contributed by atoms with Crippen LogP contribution in [0.25, 0.3) is 11.0 Å². The van der Waals surface area contributed by atoms with Gasteiger partial charge in [-0.25, -0.2) is 4.98 Å². The predicted octanol–water partition coefficient (Wildman–Crippen LogP) is 1.89. The fourth-order valence-corrected chi connectivity index (χ4v) is 2.60. The van der Waals surface area contributed by atoms with E-state index >= 15 is 0 Å². The highest BCUT2D eigenvalue weighted by Crippen LogP contribution is 2.19. The number of piperidine rings is 1. The summed E-state index contributed by atoms with van der Waals surface area (Å²) in [5.41, 5.74) is 1.81. The van der Waals surface area contributed by atoms with E-state index in [0.29, 0.717) is 12.0 Å². The maximum absolute atomic E-state index is 12.2. The Morgan fingerprint density at radius 1 is 1.42 bits per heavy atom. The number of aromatic amines is 1. The molecule has 1 aliphatic rings. The lowest BCUT2D eigenvalue weighted by atomic mass is 9.92. The van der Waals surface area contributed by atoms with Crippen molar-refractivity contribution in [2.75, 3.05) is 11.9 Å². The lowest BCUT2D eigenvalue weighted by molar-refractivity contribution is -0.120. The van der Waals surface area contributed by atoms with E-state index in [4.69, 9.17) is 0 Å². The number of para-hydroxylation sites is 2. The third kappa shape index (κ3) is 2.61. The SMILES string of the molecule is CC1CC(C(=O)Nc2nc3ccccc3[nH]2)CCN1. The van der Waals surface area contributed by atoms with Crippen molar-refractivity contribution < 1.29 is 4.79 Å². The lowest BCUT2D eigenvalue weighted by Crippen LogP contribution is -2.40. The number of rotatable bonds is 2. The van der Waals surface area contributed by atoms with Gasteiger partial charge in [0.25, 0.3) is 0 Å². The summed E-state index contributed by atoms with van der Waals surface area (Å²) >= 11 is 0. The standard InChI is InChI=1S/C14H18N4O/c1-9-8-10(6-7-15-9)13(19)18-14-16-11-4-2-3-5-12(11)17-14/h2-5,9-10,15H,6-8H2,1H3,(H2,16,17,18,19). The molecule has 0 saturated carbocycles. The molecule has 19 heavy (non-hydrogen) atoms. The number of nitrogens with one attached hydrogen (secondary N) is 3. The first-order valence-electron chi connectivity index (χ1n) is 6.71. The van der Waals surface area contributed by atoms with Gasteiger partial charge in [0.15, 0.2) is 0 Å². The second-order valence-electron chi connectivity index (χ2n) is 5.17. The molecule has 1 aromatic carbocycles. The van der Waals surface area contributed by atoms with Crippen molar-refractivity contribution in [3.63, 3.8) is 0 Å². The van der Waals surface area contributed by atoms with Crippen LogP contribution in [0.3, 0.4) is 0 Å². The Kier molecular flexibility index (Phi) is 3.21. The molecule has 1 amide bonds. The summed E-state index contributed by atoms with van der Waals surface area (Å²) in [6.45, 7) is 3.01. The second kappa shape index (κ2) is 5.01. The maximum atomic E-state index is 12.2. The summed E-state index contributed by atoms with van der Waals surface area (Å²) < 4.78 is 0. The zero-order valence-corrected chi connectivity index (χ0v) is 10.9. The van der Waals surface area contributed by atoms with Crippen molar-refractivity contribution in [3.8, 4) is 0 Å². The van der Waals surface area contributed by atoms with E-state index in [2.05, 4.69) is 27.5 Å². The van der Waals surface area contributed by atoms with E-state index in [1.165, 1.54) is 0 Å². The highest BCUT2D eigenvalue weighted by molar-refractivity contribution is 5.92. The van der Waals surface area contributed by atoms with E-state index in [1.807, 2.05) is 24.3 Å². The smallest absolute Gasteiger partial charge is 0.229 e. The molecule has 100 valence electrons. The van der Waals surface area contributed by atoms with Crippen molar-refractivity contribution in [2.24, 2.45) is 5.92 Å². The summed E-state index contributed by atoms with van der Waals surface area (Å²) in [7, 11) is 0. The van der Waals surface area contributed by atoms with Gasteiger partial charge in [-0.3, -0.25) is 10.1 Å². The van der Waals surface area contributed by atoms with Crippen molar-refractivity contribution >= 4 is 22.9 Å². The normalized spacial score (nSPS) is 23.4. The number of amides is 1. The highest BCUT2D eigenvalue weighted by Gasteiger charge is 2.25. The van der Waals surface area contributed by atoms with E-state index in [9.17, 15) is 4.79 Å². The molecule has 0 aliphatic carbocycles. The molecule has 1 aromatic heterocycles. The van der Waals surface area contributed by atoms with Crippen LogP contribution in [0.15, 0.2) is 24.3 Å². The van der Waals surface area contributed by atoms with Crippen molar-refractivity contribution in [3.05, 3.63) is 24.3 Å². The van der Waals surface area contributed by atoms with E-state index in [-0.39, 0.29) is 11.8 Å². The quantitative estimate of drug-likeness (QED) is 0.770. The van der Waals surface area contributed by atoms with Crippen LogP contribution in [-0.2, 0) is 4.79 Å². The van der Waals surface area contributed by atoms with Gasteiger partial charge >= 0.3 is 0 Å². The average molecular weight is 258 g/mol. The lowest BCUT2D eigenvalue weighted by Gasteiger charge is -2.26. The van der Waals surface area contributed by atoms with Gasteiger partial charge in [0.1, 0.15) is 0 Å². The molecule has 2 atom stereocenters. The molecule has 0 radical (unpaired) electrons. The van der Waals surface area contributed by atoms with E-state index in [1.54, 1.807) is 0 Å². The summed E-state index contributed by atoms with van der Waals surface area (Å²) in [5.74, 6) is 0.675. The average Bonchev–Trinajstić information content (AvgIpc) is 2.80. The minimum atomic E-state index is 0.0624. The number of hydrogen-bond acceptors (Lipinski definition) is 3. The highest BCUT2D eigenvalue weighted by atomic mass is 16.2. The first kappa shape index (κ1) is 12.2. The van der Waals surface area contributed by atoms with Gasteiger partial charge in [0.05, 0.1) is 11.0 Å². The molecule has 5 nitrogen and oxygen atoms in total. The number of carbonyl (C=O) groups excluding carboxylic acids is 1. The molecule has 0 bridgehead atoms. The Morgan fingerprint density at radius 2 is 2.26 bits per heavy atom. The van der Waals surface area contributed by atoms with Gasteiger partial charge < -0.3 is 10.3 Å². The summed E-state index contributed by atoms with van der Waals surface area (Å²) in [4.78, 5) is 19.7. The van der Waals surface area contributed by atoms with Gasteiger partial charge in [-0.15, -0.1) is 0 Å². The Morgan fingerprint density at radius 3 is 3.05 bits per heavy atom. The first-order chi connectivity index (χ1) is 9.22. The zero-order valence-electron chi connectivity index (χ0n) is 10.9. The molecule has 0 spiro atoms. The molecule has 2 unspecified atom stereocenters. The number of H-pyrrole nitrogens is 1. The van der Waals surface area contributed by atoms with Crippen LogP contribution in [0, 0.1) is 5.92 Å². The Hall–Kier alpha value is -1.88. The first-order valence-corrected chi connectivity index (χ1v) is 6.71. The summed E-state index contributed by atoms with van der Waals surface area (Å²) in [6, 6.07) is 8.16. The summed E-state index contributed by atoms with van der Waals surface area (Å²) in [5, 5.41) is 6.24. The van der Waals surface area contributed by atoms with Crippen molar-refractivity contribution in [1.29, 1.82) is 0 Å². The van der Waals surface area contributed by atoms with Crippen LogP contribution in [0.5, 0.6) is 0 Å². The van der Waals surface area contributed by atoms with Gasteiger partial charge in [-0.05, 0) is 38.4 Å². The Bertz CT molecular complexity index is 559. The van der Waals surface area contributed by atoms with Gasteiger partial charge in [-0.1, -0.05) is 12.1 Å².